The summed E-state index contributed by atoms with van der Waals surface area (Å²) in [7, 11) is 0. The molecule has 2 rings (SSSR count). The number of aromatic nitrogens is 1. The average molecular weight is 225 g/mol. The Hall–Kier alpha value is -1.06. The second-order valence-electron chi connectivity index (χ2n) is 3.37. The van der Waals surface area contributed by atoms with Crippen molar-refractivity contribution in [2.24, 2.45) is 0 Å². The van der Waals surface area contributed by atoms with Crippen LogP contribution in [0.5, 0.6) is 0 Å². The topological polar surface area (TPSA) is 38.1 Å². The smallest absolute Gasteiger partial charge is 0.209 e. The predicted octanol–water partition coefficient (Wildman–Crippen LogP) is 2.98. The summed E-state index contributed by atoms with van der Waals surface area (Å²) in [6.45, 7) is 3.74. The van der Waals surface area contributed by atoms with Crippen molar-refractivity contribution in [1.82, 2.24) is 10.3 Å². The van der Waals surface area contributed by atoms with Gasteiger partial charge < -0.3 is 9.73 Å². The van der Waals surface area contributed by atoms with Crippen molar-refractivity contribution in [3.63, 3.8) is 0 Å². The quantitative estimate of drug-likeness (QED) is 0.812. The van der Waals surface area contributed by atoms with Gasteiger partial charge in [-0.05, 0) is 25.1 Å². The van der Waals surface area contributed by atoms with Gasteiger partial charge in [-0.1, -0.05) is 24.6 Å². The number of hydrogen-bond acceptors (Lipinski definition) is 3. The molecule has 0 fully saturated rings. The molecular weight excluding hydrogens is 212 g/mol. The lowest BCUT2D eigenvalue weighted by molar-refractivity contribution is 0.495. The van der Waals surface area contributed by atoms with Gasteiger partial charge in [0.25, 0.3) is 0 Å². The molecule has 0 saturated carbocycles. The SMILES string of the molecule is CCCNCc1nc2cccc(Cl)c2o1. The highest BCUT2D eigenvalue weighted by Gasteiger charge is 2.07. The van der Waals surface area contributed by atoms with Gasteiger partial charge in [0.05, 0.1) is 11.6 Å². The number of hydrogen-bond donors (Lipinski definition) is 1. The second kappa shape index (κ2) is 4.64. The summed E-state index contributed by atoms with van der Waals surface area (Å²) in [5.41, 5.74) is 1.49. The predicted molar refractivity (Wildman–Crippen MR) is 61.0 cm³/mol. The fourth-order valence-electron chi connectivity index (χ4n) is 1.41. The number of nitrogens with one attached hydrogen (secondary N) is 1. The normalized spacial score (nSPS) is 11.1. The van der Waals surface area contributed by atoms with Crippen LogP contribution in [0.3, 0.4) is 0 Å². The molecule has 0 amide bonds. The molecule has 0 aliphatic rings. The van der Waals surface area contributed by atoms with E-state index in [0.29, 0.717) is 23.0 Å². The summed E-state index contributed by atoms with van der Waals surface area (Å²) in [5.74, 6) is 0.687. The molecule has 0 radical (unpaired) electrons. The van der Waals surface area contributed by atoms with Crippen molar-refractivity contribution in [2.45, 2.75) is 19.9 Å². The maximum Gasteiger partial charge on any atom is 0.209 e. The minimum atomic E-state index is 0.613. The van der Waals surface area contributed by atoms with Crippen LogP contribution < -0.4 is 5.32 Å². The Bertz CT molecular complexity index is 453. The third kappa shape index (κ3) is 2.30. The Kier molecular flexibility index (Phi) is 3.23. The van der Waals surface area contributed by atoms with Crippen molar-refractivity contribution in [1.29, 1.82) is 0 Å². The van der Waals surface area contributed by atoms with Gasteiger partial charge in [0.1, 0.15) is 5.52 Å². The number of benzene rings is 1. The molecule has 1 aromatic heterocycles. The third-order valence-electron chi connectivity index (χ3n) is 2.11. The Morgan fingerprint density at radius 3 is 3.07 bits per heavy atom. The van der Waals surface area contributed by atoms with Crippen LogP contribution in [-0.4, -0.2) is 11.5 Å². The van der Waals surface area contributed by atoms with E-state index in [-0.39, 0.29) is 0 Å². The summed E-state index contributed by atoms with van der Waals surface area (Å²) in [6.07, 6.45) is 1.10. The summed E-state index contributed by atoms with van der Waals surface area (Å²) in [4.78, 5) is 4.33. The minimum absolute atomic E-state index is 0.613. The Morgan fingerprint density at radius 1 is 1.47 bits per heavy atom. The first kappa shape index (κ1) is 10.5. The summed E-state index contributed by atoms with van der Waals surface area (Å²) >= 11 is 5.98. The first-order valence-corrected chi connectivity index (χ1v) is 5.43. The van der Waals surface area contributed by atoms with Gasteiger partial charge in [-0.15, -0.1) is 0 Å². The number of halogens is 1. The van der Waals surface area contributed by atoms with Crippen molar-refractivity contribution >= 4 is 22.7 Å². The van der Waals surface area contributed by atoms with E-state index >= 15 is 0 Å². The lowest BCUT2D eigenvalue weighted by Crippen LogP contribution is -2.13. The van der Waals surface area contributed by atoms with Crippen LogP contribution in [0.1, 0.15) is 19.2 Å². The van der Waals surface area contributed by atoms with E-state index in [0.717, 1.165) is 18.5 Å². The third-order valence-corrected chi connectivity index (χ3v) is 2.41. The lowest BCUT2D eigenvalue weighted by Gasteiger charge is -1.96. The van der Waals surface area contributed by atoms with E-state index in [4.69, 9.17) is 16.0 Å². The van der Waals surface area contributed by atoms with Gasteiger partial charge in [-0.3, -0.25) is 0 Å². The Morgan fingerprint density at radius 2 is 2.33 bits per heavy atom. The summed E-state index contributed by atoms with van der Waals surface area (Å²) in [5, 5.41) is 3.85. The van der Waals surface area contributed by atoms with E-state index < -0.39 is 0 Å². The molecule has 4 heteroatoms. The standard InChI is InChI=1S/C11H13ClN2O/c1-2-6-13-7-10-14-9-5-3-4-8(12)11(9)15-10/h3-5,13H,2,6-7H2,1H3. The second-order valence-corrected chi connectivity index (χ2v) is 3.78. The van der Waals surface area contributed by atoms with Crippen molar-refractivity contribution in [3.05, 3.63) is 29.1 Å². The molecule has 0 saturated heterocycles. The molecule has 1 heterocycles. The first-order valence-electron chi connectivity index (χ1n) is 5.06. The maximum atomic E-state index is 5.98. The van der Waals surface area contributed by atoms with Crippen molar-refractivity contribution in [3.8, 4) is 0 Å². The van der Waals surface area contributed by atoms with E-state index in [1.807, 2.05) is 12.1 Å². The van der Waals surface area contributed by atoms with Gasteiger partial charge in [-0.25, -0.2) is 4.98 Å². The van der Waals surface area contributed by atoms with E-state index in [1.165, 1.54) is 0 Å². The number of oxazole rings is 1. The molecule has 3 nitrogen and oxygen atoms in total. The Labute approximate surface area is 93.4 Å². The number of nitrogens with zero attached hydrogens (tertiary/aromatic N) is 1. The molecule has 0 aliphatic carbocycles. The number of para-hydroxylation sites is 1. The Balaban J connectivity index is 2.20. The van der Waals surface area contributed by atoms with E-state index in [1.54, 1.807) is 6.07 Å². The summed E-state index contributed by atoms with van der Waals surface area (Å²) in [6, 6.07) is 5.57. The van der Waals surface area contributed by atoms with Crippen molar-refractivity contribution < 1.29 is 4.42 Å². The largest absolute Gasteiger partial charge is 0.438 e. The molecule has 1 N–H and O–H groups in total. The highest BCUT2D eigenvalue weighted by molar-refractivity contribution is 6.34. The fraction of sp³-hybridized carbons (Fsp3) is 0.364. The van der Waals surface area contributed by atoms with Crippen molar-refractivity contribution in [2.75, 3.05) is 6.54 Å². The van der Waals surface area contributed by atoms with Gasteiger partial charge in [0, 0.05) is 0 Å². The molecule has 1 aromatic carbocycles. The van der Waals surface area contributed by atoms with E-state index in [9.17, 15) is 0 Å². The van der Waals surface area contributed by atoms with Crippen LogP contribution in [0.15, 0.2) is 22.6 Å². The zero-order valence-corrected chi connectivity index (χ0v) is 9.34. The maximum absolute atomic E-state index is 5.98. The number of fused-ring (bicyclic) bond motifs is 1. The summed E-state index contributed by atoms with van der Waals surface area (Å²) < 4.78 is 5.54. The van der Waals surface area contributed by atoms with Gasteiger partial charge >= 0.3 is 0 Å². The molecule has 2 aromatic rings. The molecule has 0 aliphatic heterocycles. The zero-order valence-electron chi connectivity index (χ0n) is 8.59. The van der Waals surface area contributed by atoms with E-state index in [2.05, 4.69) is 17.2 Å². The highest BCUT2D eigenvalue weighted by Crippen LogP contribution is 2.23. The molecule has 15 heavy (non-hydrogen) atoms. The molecule has 0 unspecified atom stereocenters. The van der Waals surface area contributed by atoms with Gasteiger partial charge in [0.15, 0.2) is 5.58 Å². The number of rotatable bonds is 4. The lowest BCUT2D eigenvalue weighted by atomic mass is 10.3. The molecule has 80 valence electrons. The zero-order chi connectivity index (χ0) is 10.7. The van der Waals surface area contributed by atoms with Crippen LogP contribution in [0.2, 0.25) is 5.02 Å². The monoisotopic (exact) mass is 224 g/mol. The van der Waals surface area contributed by atoms with Crippen LogP contribution in [-0.2, 0) is 6.54 Å². The van der Waals surface area contributed by atoms with Gasteiger partial charge in [-0.2, -0.15) is 0 Å². The van der Waals surface area contributed by atoms with Crippen LogP contribution in [0.4, 0.5) is 0 Å². The van der Waals surface area contributed by atoms with Gasteiger partial charge in [0.2, 0.25) is 5.89 Å². The van der Waals surface area contributed by atoms with Crippen LogP contribution in [0.25, 0.3) is 11.1 Å². The fourth-order valence-corrected chi connectivity index (χ4v) is 1.62. The van der Waals surface area contributed by atoms with Crippen LogP contribution in [0, 0.1) is 0 Å². The average Bonchev–Trinajstić information content (AvgIpc) is 2.63. The van der Waals surface area contributed by atoms with Crippen LogP contribution >= 0.6 is 11.6 Å². The highest BCUT2D eigenvalue weighted by atomic mass is 35.5. The minimum Gasteiger partial charge on any atom is -0.438 e. The molecule has 0 bridgehead atoms. The molecule has 0 spiro atoms. The first-order chi connectivity index (χ1) is 7.31. The molecule has 0 atom stereocenters. The molecular formula is C11H13ClN2O.